The third-order valence-electron chi connectivity index (χ3n) is 15.7. The van der Waals surface area contributed by atoms with Crippen molar-refractivity contribution in [1.29, 1.82) is 0 Å². The third-order valence-corrected chi connectivity index (χ3v) is 16.6. The van der Waals surface area contributed by atoms with Gasteiger partial charge >= 0.3 is 11.9 Å². The molecule has 0 aliphatic carbocycles. The molecule has 0 spiro atoms. The number of quaternary nitrogens is 1. The Labute approximate surface area is 555 Å². The van der Waals surface area contributed by atoms with Crippen LogP contribution in [-0.4, -0.2) is 70.0 Å². The maximum absolute atomic E-state index is 12.8. The molecular weight excluding hydrogens is 1130 g/mol. The molecule has 0 aliphatic rings. The summed E-state index contributed by atoms with van der Waals surface area (Å²) in [5, 5.41) is 0. The summed E-state index contributed by atoms with van der Waals surface area (Å²) in [5.41, 5.74) is 0. The van der Waals surface area contributed by atoms with Gasteiger partial charge in [-0.1, -0.05) is 321 Å². The molecule has 0 amide bonds. The maximum atomic E-state index is 12.8. The number of nitrogens with zero attached hydrogens (tertiary/aromatic N) is 1. The molecule has 0 radical (unpaired) electrons. The van der Waals surface area contributed by atoms with Crippen LogP contribution < -0.4 is 4.89 Å². The Hall–Kier alpha value is -3.85. The summed E-state index contributed by atoms with van der Waals surface area (Å²) < 4.78 is 34.3. The molecule has 9 nitrogen and oxygen atoms in total. The van der Waals surface area contributed by atoms with Crippen LogP contribution in [0.5, 0.6) is 0 Å². The van der Waals surface area contributed by atoms with Crippen molar-refractivity contribution in [3.8, 4) is 0 Å². The minimum atomic E-state index is -4.66. The van der Waals surface area contributed by atoms with Crippen molar-refractivity contribution in [3.63, 3.8) is 0 Å². The first-order chi connectivity index (χ1) is 44.0. The van der Waals surface area contributed by atoms with Crippen molar-refractivity contribution in [1.82, 2.24) is 0 Å². The predicted molar refractivity (Wildman–Crippen MR) is 388 cm³/mol. The number of ether oxygens (including phenoxy) is 2. The van der Waals surface area contributed by atoms with Gasteiger partial charge in [-0.2, -0.15) is 0 Å². The summed E-state index contributed by atoms with van der Waals surface area (Å²) in [6.07, 6.45) is 101. The number of carbonyl (C=O) groups is 2. The topological polar surface area (TPSA) is 111 Å². The number of esters is 2. The van der Waals surface area contributed by atoms with E-state index in [2.05, 4.69) is 148 Å². The monoisotopic (exact) mass is 1270 g/mol. The fourth-order valence-electron chi connectivity index (χ4n) is 10.1. The van der Waals surface area contributed by atoms with E-state index >= 15 is 0 Å². The molecule has 0 aliphatic heterocycles. The molecule has 0 rings (SSSR count). The molecule has 2 unspecified atom stereocenters. The van der Waals surface area contributed by atoms with E-state index in [0.29, 0.717) is 17.4 Å². The van der Waals surface area contributed by atoms with Crippen molar-refractivity contribution in [2.75, 3.05) is 47.5 Å². The normalized spacial score (nSPS) is 13.9. The zero-order chi connectivity index (χ0) is 65.5. The van der Waals surface area contributed by atoms with Gasteiger partial charge in [0.25, 0.3) is 7.82 Å². The zero-order valence-electron chi connectivity index (χ0n) is 58.8. The van der Waals surface area contributed by atoms with Crippen LogP contribution in [0.4, 0.5) is 0 Å². The zero-order valence-corrected chi connectivity index (χ0v) is 59.7. The molecule has 0 aromatic rings. The van der Waals surface area contributed by atoms with Gasteiger partial charge in [0.05, 0.1) is 27.7 Å². The Kier molecular flexibility index (Phi) is 66.5. The van der Waals surface area contributed by atoms with E-state index in [1.54, 1.807) is 0 Å². The number of likely N-dealkylation sites (N-methyl/N-ethyl adjacent to an activating group) is 1. The van der Waals surface area contributed by atoms with Gasteiger partial charge in [-0.25, -0.2) is 0 Å². The molecular formula is C80H138NO8P. The third kappa shape index (κ3) is 73.2. The van der Waals surface area contributed by atoms with Gasteiger partial charge in [-0.3, -0.25) is 14.2 Å². The van der Waals surface area contributed by atoms with Crippen LogP contribution in [0.15, 0.2) is 134 Å². The summed E-state index contributed by atoms with van der Waals surface area (Å²) in [6.45, 7) is 3.99. The predicted octanol–water partition coefficient (Wildman–Crippen LogP) is 23.8. The number of hydrogen-bond donors (Lipinski definition) is 0. The minimum absolute atomic E-state index is 0.0425. The van der Waals surface area contributed by atoms with Crippen LogP contribution >= 0.6 is 7.82 Å². The second kappa shape index (κ2) is 69.5. The number of unbranched alkanes of at least 4 members (excludes halogenated alkanes) is 31. The van der Waals surface area contributed by atoms with Crippen molar-refractivity contribution in [3.05, 3.63) is 134 Å². The average molecular weight is 1270 g/mol. The van der Waals surface area contributed by atoms with Gasteiger partial charge in [0.15, 0.2) is 6.10 Å². The Morgan fingerprint density at radius 2 is 0.600 bits per heavy atom. The van der Waals surface area contributed by atoms with Gasteiger partial charge in [-0.05, 0) is 109 Å². The van der Waals surface area contributed by atoms with E-state index in [9.17, 15) is 19.0 Å². The lowest BCUT2D eigenvalue weighted by atomic mass is 10.0. The highest BCUT2D eigenvalue weighted by molar-refractivity contribution is 7.45. The lowest BCUT2D eigenvalue weighted by Gasteiger charge is -2.28. The minimum Gasteiger partial charge on any atom is -0.756 e. The van der Waals surface area contributed by atoms with Crippen LogP contribution in [-0.2, 0) is 32.7 Å². The van der Waals surface area contributed by atoms with E-state index in [-0.39, 0.29) is 26.1 Å². The van der Waals surface area contributed by atoms with Crippen molar-refractivity contribution < 1.29 is 42.1 Å². The number of carbonyl (C=O) groups excluding carboxylic acids is 2. The Morgan fingerprint density at radius 1 is 0.344 bits per heavy atom. The smallest absolute Gasteiger partial charge is 0.306 e. The van der Waals surface area contributed by atoms with E-state index in [4.69, 9.17) is 18.5 Å². The molecule has 0 saturated heterocycles. The van der Waals surface area contributed by atoms with E-state index in [1.807, 2.05) is 21.1 Å². The Morgan fingerprint density at radius 3 is 0.900 bits per heavy atom. The van der Waals surface area contributed by atoms with Crippen molar-refractivity contribution in [2.45, 2.75) is 315 Å². The molecule has 0 N–H and O–H groups in total. The van der Waals surface area contributed by atoms with Crippen molar-refractivity contribution >= 4 is 19.8 Å². The summed E-state index contributed by atoms with van der Waals surface area (Å²) in [7, 11) is 1.14. The summed E-state index contributed by atoms with van der Waals surface area (Å²) in [6, 6.07) is 0. The fourth-order valence-corrected chi connectivity index (χ4v) is 10.8. The summed E-state index contributed by atoms with van der Waals surface area (Å²) in [4.78, 5) is 38.1. The number of phosphoric acid groups is 1. The van der Waals surface area contributed by atoms with Gasteiger partial charge < -0.3 is 27.9 Å². The highest BCUT2D eigenvalue weighted by Crippen LogP contribution is 2.38. The molecule has 0 aromatic carbocycles. The van der Waals surface area contributed by atoms with Crippen molar-refractivity contribution in [2.24, 2.45) is 0 Å². The van der Waals surface area contributed by atoms with Crippen LogP contribution in [0.2, 0.25) is 0 Å². The largest absolute Gasteiger partial charge is 0.756 e. The van der Waals surface area contributed by atoms with Crippen LogP contribution in [0.1, 0.15) is 309 Å². The molecule has 516 valence electrons. The SMILES string of the molecule is CC/C=C\C/C=C\C/C=C\C/C=C\C/C=C\C/C=C\C/C=C\CCCCCC(=O)OC(COC(=O)CCCCCCCCCCCCCCCCCCCCCCCCCCCCCC/C=C\C/C=C\C/C=C\C/C=C\CC)COP(=O)([O-])OCC[N+](C)(C)C. The molecule has 0 fully saturated rings. The van der Waals surface area contributed by atoms with Gasteiger partial charge in [-0.15, -0.1) is 0 Å². The highest BCUT2D eigenvalue weighted by atomic mass is 31.2. The molecule has 10 heteroatoms. The van der Waals surface area contributed by atoms with Gasteiger partial charge in [0, 0.05) is 12.8 Å². The van der Waals surface area contributed by atoms with E-state index < -0.39 is 32.5 Å². The van der Waals surface area contributed by atoms with Gasteiger partial charge in [0.2, 0.25) is 0 Å². The van der Waals surface area contributed by atoms with Crippen LogP contribution in [0.25, 0.3) is 0 Å². The number of hydrogen-bond acceptors (Lipinski definition) is 8. The standard InChI is InChI=1S/C80H138NO8P/c1-6-8-10-12-14-16-18-20-22-24-26-28-30-32-33-34-35-36-37-38-39-40-41-42-43-44-45-46-47-49-50-52-54-56-58-60-62-64-66-68-70-72-79(82)86-76-78(77-88-90(84,85)87-75-74-81(3,4)5)89-80(83)73-71-69-67-65-63-61-59-57-55-53-51-48-31-29-27-25-23-21-19-17-15-13-11-9-7-2/h8-11,14-17,20-23,26-29,48,51,55,57,61,63,78H,6-7,12-13,18-19,24-25,30-47,49-50,52-54,56,58-60,62,64-77H2,1-5H3/b10-8-,11-9-,16-14-,17-15-,22-20-,23-21-,28-26-,29-27-,51-48-,57-55-,63-61-. The molecule has 90 heavy (non-hydrogen) atoms. The maximum Gasteiger partial charge on any atom is 0.306 e. The highest BCUT2D eigenvalue weighted by Gasteiger charge is 2.22. The van der Waals surface area contributed by atoms with Crippen LogP contribution in [0, 0.1) is 0 Å². The average Bonchev–Trinajstić information content (AvgIpc) is 3.58. The second-order valence-corrected chi connectivity index (χ2v) is 27.0. The number of phosphoric ester groups is 1. The lowest BCUT2D eigenvalue weighted by Crippen LogP contribution is -2.37. The fraction of sp³-hybridized carbons (Fsp3) is 0.700. The first-order valence-electron chi connectivity index (χ1n) is 36.9. The molecule has 0 heterocycles. The Bertz CT molecular complexity index is 1980. The first-order valence-corrected chi connectivity index (χ1v) is 38.4. The second-order valence-electron chi connectivity index (χ2n) is 25.5. The molecule has 2 atom stereocenters. The Balaban J connectivity index is 3.98. The number of rotatable bonds is 67. The van der Waals surface area contributed by atoms with E-state index in [0.717, 1.165) is 109 Å². The lowest BCUT2D eigenvalue weighted by molar-refractivity contribution is -0.870. The molecule has 0 bridgehead atoms. The quantitative estimate of drug-likeness (QED) is 0.0195. The molecule has 0 aromatic heterocycles. The first kappa shape index (κ1) is 86.2. The van der Waals surface area contributed by atoms with Gasteiger partial charge in [0.1, 0.15) is 19.8 Å². The summed E-state index contributed by atoms with van der Waals surface area (Å²) >= 11 is 0. The summed E-state index contributed by atoms with van der Waals surface area (Å²) in [5.74, 6) is -0.868. The molecule has 0 saturated carbocycles. The van der Waals surface area contributed by atoms with E-state index in [1.165, 1.54) is 167 Å². The number of allylic oxidation sites excluding steroid dienone is 22. The van der Waals surface area contributed by atoms with Crippen LogP contribution in [0.3, 0.4) is 0 Å².